The monoisotopic (exact) mass is 814 g/mol. The Bertz CT molecular complexity index is 1060. The Kier molecular flexibility index (Phi) is 31.4. The maximum absolute atomic E-state index is 4.71. The van der Waals surface area contributed by atoms with Crippen molar-refractivity contribution >= 4 is 62.9 Å². The minimum atomic E-state index is -1.36. The molecule has 0 fully saturated rings. The molecule has 4 aromatic rings. The summed E-state index contributed by atoms with van der Waals surface area (Å²) < 4.78 is 42.4. The van der Waals surface area contributed by atoms with Gasteiger partial charge in [0.2, 0.25) is 0 Å². The Hall–Kier alpha value is -0.811. The van der Waals surface area contributed by atoms with Crippen LogP contribution in [0.15, 0.2) is 121 Å². The van der Waals surface area contributed by atoms with Crippen molar-refractivity contribution in [2.45, 2.75) is 0 Å². The molecule has 0 radical (unpaired) electrons. The van der Waals surface area contributed by atoms with E-state index in [1.807, 2.05) is 0 Å². The molecule has 0 aliphatic rings. The van der Waals surface area contributed by atoms with Gasteiger partial charge in [-0.05, 0) is 0 Å². The zero-order valence-electron chi connectivity index (χ0n) is 29.5. The topological polar surface area (TPSA) is 83.1 Å². The van der Waals surface area contributed by atoms with E-state index in [1.54, 1.807) is 64.0 Å². The predicted octanol–water partition coefficient (Wildman–Crippen LogP) is 8.02. The second-order valence-corrected chi connectivity index (χ2v) is 18.4. The first-order valence-electron chi connectivity index (χ1n) is 14.6. The molecule has 0 N–H and O–H groups in total. The Morgan fingerprint density at radius 2 is 0.490 bits per heavy atom. The van der Waals surface area contributed by atoms with Gasteiger partial charge in [0.05, 0.1) is 64.0 Å². The van der Waals surface area contributed by atoms with Crippen molar-refractivity contribution in [2.24, 2.45) is 0 Å². The standard InChI is InChI=1S/C25H21P2.3C3H10O3P.Fe/c1-5-13-22(14-6-1)26(23-15-7-2-8-16-23)21-27(24-17-9-3-10-18-24)25-19-11-4-12-20-25;3*1-4-7(5-2)6-3;/h1-21H;3*7H,1-3H3;/q-1;3*+1;. The molecule has 0 heterocycles. The molecule has 0 unspecified atom stereocenters. The second-order valence-electron chi connectivity index (χ2n) is 8.78. The molecule has 4 rings (SSSR count). The molecule has 0 aliphatic carbocycles. The van der Waals surface area contributed by atoms with Gasteiger partial charge in [-0.25, -0.2) is 0 Å². The van der Waals surface area contributed by atoms with Crippen LogP contribution < -0.4 is 21.2 Å². The molecule has 9 nitrogen and oxygen atoms in total. The van der Waals surface area contributed by atoms with Gasteiger partial charge in [-0.3, -0.25) is 5.90 Å². The summed E-state index contributed by atoms with van der Waals surface area (Å²) in [5.41, 5.74) is 0. The summed E-state index contributed by atoms with van der Waals surface area (Å²) in [6.45, 7) is 0. The van der Waals surface area contributed by atoms with Crippen LogP contribution in [0.4, 0.5) is 0 Å². The van der Waals surface area contributed by atoms with E-state index in [4.69, 9.17) is 40.7 Å². The average Bonchev–Trinajstić information content (AvgIpc) is 3.16. The van der Waals surface area contributed by atoms with Crippen molar-refractivity contribution in [2.75, 3.05) is 64.0 Å². The first-order chi connectivity index (χ1) is 23.5. The van der Waals surface area contributed by atoms with Gasteiger partial charge >= 0.3 is 25.8 Å². The minimum Gasteiger partial charge on any atom is -0.259 e. The van der Waals surface area contributed by atoms with Crippen LogP contribution in [0.2, 0.25) is 0 Å². The number of hydrogen-bond donors (Lipinski definition) is 0. The van der Waals surface area contributed by atoms with Gasteiger partial charge in [-0.2, -0.15) is 56.6 Å². The largest absolute Gasteiger partial charge is 0.397 e. The van der Waals surface area contributed by atoms with E-state index in [0.717, 1.165) is 0 Å². The van der Waals surface area contributed by atoms with E-state index in [9.17, 15) is 0 Å². The third-order valence-electron chi connectivity index (χ3n) is 5.87. The summed E-state index contributed by atoms with van der Waals surface area (Å²) in [6.07, 6.45) is 0. The average molecular weight is 814 g/mol. The predicted molar refractivity (Wildman–Crippen MR) is 210 cm³/mol. The third-order valence-corrected chi connectivity index (χ3v) is 14.1. The van der Waals surface area contributed by atoms with Crippen LogP contribution in [0.1, 0.15) is 0 Å². The molecular weight excluding hydrogens is 763 g/mol. The maximum Gasteiger partial charge on any atom is 0.397 e. The molecule has 0 aliphatic heterocycles. The van der Waals surface area contributed by atoms with Crippen LogP contribution >= 0.6 is 41.7 Å². The fourth-order valence-corrected chi connectivity index (χ4v) is 10.9. The number of benzene rings is 4. The summed E-state index contributed by atoms with van der Waals surface area (Å²) in [5.74, 6) is 2.61. The minimum absolute atomic E-state index is 0. The van der Waals surface area contributed by atoms with Gasteiger partial charge < -0.3 is 0 Å². The summed E-state index contributed by atoms with van der Waals surface area (Å²) in [5, 5.41) is 5.60. The molecular formula is C34H51FeO9P5+2. The molecule has 0 spiro atoms. The quantitative estimate of drug-likeness (QED) is 0.0674. The van der Waals surface area contributed by atoms with Crippen LogP contribution in [-0.2, 0) is 57.8 Å². The van der Waals surface area contributed by atoms with Gasteiger partial charge in [0, 0.05) is 17.1 Å². The summed E-state index contributed by atoms with van der Waals surface area (Å²) in [4.78, 5) is 0. The maximum atomic E-state index is 4.71. The molecule has 0 amide bonds. The second kappa shape index (κ2) is 31.9. The summed E-state index contributed by atoms with van der Waals surface area (Å²) in [6, 6.07) is 43.7. The Labute approximate surface area is 310 Å². The summed E-state index contributed by atoms with van der Waals surface area (Å²) in [7, 11) is 8.86. The van der Waals surface area contributed by atoms with Crippen molar-refractivity contribution in [3.8, 4) is 0 Å². The van der Waals surface area contributed by atoms with Crippen LogP contribution in [-0.4, -0.2) is 64.0 Å². The summed E-state index contributed by atoms with van der Waals surface area (Å²) >= 11 is 0. The van der Waals surface area contributed by atoms with E-state index < -0.39 is 41.7 Å². The van der Waals surface area contributed by atoms with Crippen molar-refractivity contribution in [1.29, 1.82) is 0 Å². The van der Waals surface area contributed by atoms with E-state index >= 15 is 0 Å². The first-order valence-corrected chi connectivity index (χ1v) is 21.1. The zero-order chi connectivity index (χ0) is 35.4. The van der Waals surface area contributed by atoms with Crippen molar-refractivity contribution in [3.05, 3.63) is 127 Å². The molecule has 0 saturated carbocycles. The van der Waals surface area contributed by atoms with Crippen molar-refractivity contribution < 1.29 is 57.8 Å². The molecule has 0 bridgehead atoms. The Morgan fingerprint density at radius 3 is 0.612 bits per heavy atom. The van der Waals surface area contributed by atoms with Crippen molar-refractivity contribution in [1.82, 2.24) is 0 Å². The smallest absolute Gasteiger partial charge is 0.259 e. The van der Waals surface area contributed by atoms with E-state index in [-0.39, 0.29) is 17.1 Å². The van der Waals surface area contributed by atoms with Gasteiger partial charge in [0.25, 0.3) is 0 Å². The first kappa shape index (κ1) is 48.2. The molecule has 4 aromatic carbocycles. The van der Waals surface area contributed by atoms with Gasteiger partial charge in [-0.15, -0.1) is 0 Å². The van der Waals surface area contributed by atoms with Gasteiger partial charge in [-0.1, -0.05) is 143 Å². The molecule has 0 atom stereocenters. The van der Waals surface area contributed by atoms with E-state index in [1.165, 1.54) is 21.2 Å². The van der Waals surface area contributed by atoms with E-state index in [2.05, 4.69) is 127 Å². The molecule has 0 aromatic heterocycles. The van der Waals surface area contributed by atoms with Crippen LogP contribution in [0, 0.1) is 5.90 Å². The fourth-order valence-electron chi connectivity index (χ4n) is 3.78. The van der Waals surface area contributed by atoms with Crippen molar-refractivity contribution in [3.63, 3.8) is 0 Å². The number of hydrogen-bond acceptors (Lipinski definition) is 9. The van der Waals surface area contributed by atoms with Gasteiger partial charge in [0.15, 0.2) is 0 Å². The Morgan fingerprint density at radius 1 is 0.327 bits per heavy atom. The molecule has 0 saturated heterocycles. The molecule has 15 heteroatoms. The van der Waals surface area contributed by atoms with Crippen LogP contribution in [0.3, 0.4) is 0 Å². The van der Waals surface area contributed by atoms with Gasteiger partial charge in [0.1, 0.15) is 0 Å². The fraction of sp³-hybridized carbons (Fsp3) is 0.265. The number of rotatable bonds is 15. The van der Waals surface area contributed by atoms with Crippen LogP contribution in [0.5, 0.6) is 0 Å². The Balaban J connectivity index is 0.000000860. The third kappa shape index (κ3) is 20.1. The molecule has 272 valence electrons. The SMILES string of the molecule is CO[PH+](OC)OC.CO[PH+](OC)OC.CO[PH+](OC)OC.[Fe].c1ccc(P([CH-]P(c2ccccc2)c2ccccc2)c2ccccc2)cc1. The zero-order valence-corrected chi connectivity index (χ0v) is 35.4. The van der Waals surface area contributed by atoms with E-state index in [0.29, 0.717) is 0 Å². The van der Waals surface area contributed by atoms with Crippen LogP contribution in [0.25, 0.3) is 0 Å². The normalized spacial score (nSPS) is 10.5. The molecule has 49 heavy (non-hydrogen) atoms.